The molecule has 2 aromatic carbocycles. The predicted octanol–water partition coefficient (Wildman–Crippen LogP) is 3.93. The molecule has 0 aliphatic heterocycles. The first kappa shape index (κ1) is 17.1. The lowest BCUT2D eigenvalue weighted by atomic mass is 10.1. The van der Waals surface area contributed by atoms with E-state index in [1.807, 2.05) is 30.3 Å². The molecule has 0 radical (unpaired) electrons. The van der Waals surface area contributed by atoms with Gasteiger partial charge in [-0.05, 0) is 36.6 Å². The number of rotatable bonds is 5. The summed E-state index contributed by atoms with van der Waals surface area (Å²) in [6, 6.07) is 14.5. The molecule has 0 saturated heterocycles. The average molecular weight is 352 g/mol. The number of benzene rings is 2. The number of hydrogen-bond donors (Lipinski definition) is 0. The fraction of sp³-hybridized carbons (Fsp3) is 0.200. The highest BCUT2D eigenvalue weighted by Gasteiger charge is 2.08. The summed E-state index contributed by atoms with van der Waals surface area (Å²) in [5.41, 5.74) is 2.00. The van der Waals surface area contributed by atoms with Crippen LogP contribution in [0, 0.1) is 18.2 Å². The zero-order valence-electron chi connectivity index (χ0n) is 13.6. The quantitative estimate of drug-likeness (QED) is 0.641. The molecular weight excluding hydrogens is 335 g/mol. The van der Waals surface area contributed by atoms with Gasteiger partial charge in [-0.15, -0.1) is 6.42 Å². The highest BCUT2D eigenvalue weighted by atomic mass is 32.1. The van der Waals surface area contributed by atoms with Gasteiger partial charge in [0.25, 0.3) is 0 Å². The molecule has 1 aromatic heterocycles. The summed E-state index contributed by atoms with van der Waals surface area (Å²) in [4.78, 5) is 16.9. The van der Waals surface area contributed by atoms with Crippen molar-refractivity contribution >= 4 is 27.5 Å². The molecule has 0 N–H and O–H groups in total. The van der Waals surface area contributed by atoms with E-state index in [0.717, 1.165) is 23.1 Å². The molecule has 3 nitrogen and oxygen atoms in total. The van der Waals surface area contributed by atoms with Crippen LogP contribution in [0.25, 0.3) is 10.2 Å². The van der Waals surface area contributed by atoms with Gasteiger partial charge in [-0.3, -0.25) is 4.79 Å². The van der Waals surface area contributed by atoms with Crippen LogP contribution in [0.2, 0.25) is 0 Å². The van der Waals surface area contributed by atoms with Gasteiger partial charge >= 0.3 is 0 Å². The smallest absolute Gasteiger partial charge is 0.248 e. The Labute approximate surface area is 149 Å². The van der Waals surface area contributed by atoms with Crippen LogP contribution < -0.4 is 4.80 Å². The van der Waals surface area contributed by atoms with E-state index >= 15 is 0 Å². The van der Waals surface area contributed by atoms with Gasteiger partial charge in [-0.2, -0.15) is 4.99 Å². The molecular formula is C20H17FN2OS. The van der Waals surface area contributed by atoms with E-state index in [9.17, 15) is 9.18 Å². The third-order valence-electron chi connectivity index (χ3n) is 3.81. The number of halogens is 1. The summed E-state index contributed by atoms with van der Waals surface area (Å²) >= 11 is 1.28. The molecule has 0 unspecified atom stereocenters. The number of aromatic nitrogens is 1. The molecule has 1 amide bonds. The van der Waals surface area contributed by atoms with Crippen molar-refractivity contribution in [3.05, 3.63) is 64.7 Å². The van der Waals surface area contributed by atoms with Crippen molar-refractivity contribution in [2.75, 3.05) is 0 Å². The lowest BCUT2D eigenvalue weighted by Gasteiger charge is -2.00. The number of fused-ring (bicyclic) bond motifs is 1. The van der Waals surface area contributed by atoms with Crippen LogP contribution in [0.15, 0.2) is 53.5 Å². The Morgan fingerprint density at radius 1 is 1.24 bits per heavy atom. The number of terminal acetylenes is 1. The maximum absolute atomic E-state index is 13.4. The van der Waals surface area contributed by atoms with E-state index in [1.54, 1.807) is 10.6 Å². The first-order valence-electron chi connectivity index (χ1n) is 8.01. The normalized spacial score (nSPS) is 11.6. The summed E-state index contributed by atoms with van der Waals surface area (Å²) in [6.07, 6.45) is 7.36. The topological polar surface area (TPSA) is 34.4 Å². The van der Waals surface area contributed by atoms with Gasteiger partial charge in [0, 0.05) is 6.42 Å². The molecule has 0 aliphatic carbocycles. The molecule has 0 bridgehead atoms. The van der Waals surface area contributed by atoms with Crippen molar-refractivity contribution in [2.24, 2.45) is 4.99 Å². The third kappa shape index (κ3) is 4.23. The van der Waals surface area contributed by atoms with Crippen LogP contribution in [-0.2, 0) is 17.8 Å². The zero-order valence-corrected chi connectivity index (χ0v) is 14.4. The molecule has 0 atom stereocenters. The maximum atomic E-state index is 13.4. The average Bonchev–Trinajstić information content (AvgIpc) is 2.92. The second kappa shape index (κ2) is 7.91. The van der Waals surface area contributed by atoms with Crippen LogP contribution in [-0.4, -0.2) is 10.5 Å². The number of amides is 1. The van der Waals surface area contributed by atoms with Crippen LogP contribution >= 0.6 is 11.3 Å². The number of thiazole rings is 1. The molecule has 3 aromatic rings. The van der Waals surface area contributed by atoms with Gasteiger partial charge in [0.2, 0.25) is 5.91 Å². The molecule has 0 aliphatic rings. The summed E-state index contributed by atoms with van der Waals surface area (Å²) in [5.74, 6) is 2.06. The Balaban J connectivity index is 1.78. The van der Waals surface area contributed by atoms with Gasteiger partial charge in [-0.25, -0.2) is 4.39 Å². The number of carbonyl (C=O) groups is 1. The molecule has 0 fully saturated rings. The molecule has 0 saturated carbocycles. The van der Waals surface area contributed by atoms with Crippen molar-refractivity contribution in [1.29, 1.82) is 0 Å². The van der Waals surface area contributed by atoms with Gasteiger partial charge < -0.3 is 4.57 Å². The number of carbonyl (C=O) groups excluding carboxylic acids is 1. The van der Waals surface area contributed by atoms with E-state index in [0.29, 0.717) is 17.8 Å². The molecule has 1 heterocycles. The van der Waals surface area contributed by atoms with Gasteiger partial charge in [0.1, 0.15) is 5.82 Å². The Morgan fingerprint density at radius 3 is 2.80 bits per heavy atom. The summed E-state index contributed by atoms with van der Waals surface area (Å²) in [7, 11) is 0. The van der Waals surface area contributed by atoms with Crippen molar-refractivity contribution in [1.82, 2.24) is 4.57 Å². The Hall–Kier alpha value is -2.71. The molecule has 3 rings (SSSR count). The van der Waals surface area contributed by atoms with Crippen LogP contribution in [0.3, 0.4) is 0 Å². The molecule has 5 heteroatoms. The Bertz CT molecular complexity index is 996. The number of nitrogens with zero attached hydrogens (tertiary/aromatic N) is 2. The monoisotopic (exact) mass is 352 g/mol. The van der Waals surface area contributed by atoms with Crippen LogP contribution in [0.1, 0.15) is 18.4 Å². The minimum Gasteiger partial charge on any atom is -0.305 e. The van der Waals surface area contributed by atoms with Gasteiger partial charge in [0.05, 0.1) is 16.8 Å². The summed E-state index contributed by atoms with van der Waals surface area (Å²) in [5, 5.41) is 0. The summed E-state index contributed by atoms with van der Waals surface area (Å²) in [6.45, 7) is 0.293. The second-order valence-corrected chi connectivity index (χ2v) is 6.64. The van der Waals surface area contributed by atoms with Crippen molar-refractivity contribution in [3.8, 4) is 12.3 Å². The zero-order chi connectivity index (χ0) is 17.6. The fourth-order valence-electron chi connectivity index (χ4n) is 2.63. The standard InChI is InChI=1S/C20H17FN2OS/c1-2-13-23-17-12-11-16(21)14-18(17)25-20(23)22-19(24)10-6-9-15-7-4-3-5-8-15/h1,3-5,7-8,11-12,14H,6,9-10,13H2. The highest BCUT2D eigenvalue weighted by Crippen LogP contribution is 2.18. The van der Waals surface area contributed by atoms with Gasteiger partial charge in [0.15, 0.2) is 4.80 Å². The highest BCUT2D eigenvalue weighted by molar-refractivity contribution is 7.16. The molecule has 25 heavy (non-hydrogen) atoms. The number of hydrogen-bond acceptors (Lipinski definition) is 2. The maximum Gasteiger partial charge on any atom is 0.248 e. The predicted molar refractivity (Wildman–Crippen MR) is 98.6 cm³/mol. The Kier molecular flexibility index (Phi) is 5.42. The van der Waals surface area contributed by atoms with E-state index < -0.39 is 0 Å². The molecule has 126 valence electrons. The minimum atomic E-state index is -0.317. The van der Waals surface area contributed by atoms with Crippen molar-refractivity contribution < 1.29 is 9.18 Å². The lowest BCUT2D eigenvalue weighted by Crippen LogP contribution is -2.16. The van der Waals surface area contributed by atoms with Crippen LogP contribution in [0.4, 0.5) is 4.39 Å². The second-order valence-electron chi connectivity index (χ2n) is 5.63. The van der Waals surface area contributed by atoms with E-state index in [4.69, 9.17) is 6.42 Å². The van der Waals surface area contributed by atoms with E-state index in [1.165, 1.54) is 29.0 Å². The molecule has 0 spiro atoms. The van der Waals surface area contributed by atoms with E-state index in [2.05, 4.69) is 10.9 Å². The Morgan fingerprint density at radius 2 is 2.04 bits per heavy atom. The van der Waals surface area contributed by atoms with E-state index in [-0.39, 0.29) is 11.7 Å². The van der Waals surface area contributed by atoms with Crippen molar-refractivity contribution in [2.45, 2.75) is 25.8 Å². The first-order chi connectivity index (χ1) is 12.2. The minimum absolute atomic E-state index is 0.186. The lowest BCUT2D eigenvalue weighted by molar-refractivity contribution is -0.118. The van der Waals surface area contributed by atoms with Crippen LogP contribution in [0.5, 0.6) is 0 Å². The van der Waals surface area contributed by atoms with Gasteiger partial charge in [-0.1, -0.05) is 47.6 Å². The summed E-state index contributed by atoms with van der Waals surface area (Å²) < 4.78 is 15.9. The fourth-order valence-corrected chi connectivity index (χ4v) is 3.70. The third-order valence-corrected chi connectivity index (χ3v) is 4.85. The van der Waals surface area contributed by atoms with Crippen molar-refractivity contribution in [3.63, 3.8) is 0 Å². The number of aryl methyl sites for hydroxylation is 1. The largest absolute Gasteiger partial charge is 0.305 e. The SMILES string of the molecule is C#CCn1c(=NC(=O)CCCc2ccccc2)sc2cc(F)ccc21. The first-order valence-corrected chi connectivity index (χ1v) is 8.83.